The molecular formula is C16H25FN2O5. The highest BCUT2D eigenvalue weighted by Crippen LogP contribution is 2.42. The standard InChI is InChI=1S/C16H25FN2O5/c1-11(2)23-15(6-7-15)14(21)22-10-16(17)5-3-12(24-16)9-19-8-4-13(18)20/h4,8,11-12,19H,3,5-7,9-10H2,1-2H3,(H2,18,20)/b8-4-/t12-,16+/m1/s1. The first-order chi connectivity index (χ1) is 11.2. The molecule has 0 aromatic heterocycles. The van der Waals surface area contributed by atoms with Gasteiger partial charge in [0.1, 0.15) is 0 Å². The SMILES string of the molecule is CC(C)OC1(C(=O)OC[C@]2(F)CC[C@H](CN/C=C\C(N)=O)O2)CC1. The van der Waals surface area contributed by atoms with E-state index in [9.17, 15) is 14.0 Å². The van der Waals surface area contributed by atoms with Gasteiger partial charge >= 0.3 is 5.97 Å². The van der Waals surface area contributed by atoms with E-state index >= 15 is 0 Å². The van der Waals surface area contributed by atoms with Crippen LogP contribution >= 0.6 is 0 Å². The van der Waals surface area contributed by atoms with Crippen LogP contribution in [-0.2, 0) is 23.8 Å². The highest BCUT2D eigenvalue weighted by molar-refractivity contribution is 5.85. The number of carbonyl (C=O) groups is 2. The van der Waals surface area contributed by atoms with Crippen LogP contribution in [0.25, 0.3) is 0 Å². The van der Waals surface area contributed by atoms with Gasteiger partial charge in [-0.15, -0.1) is 0 Å². The van der Waals surface area contributed by atoms with Gasteiger partial charge in [-0.3, -0.25) is 4.79 Å². The quantitative estimate of drug-likeness (QED) is 0.477. The molecule has 1 amide bonds. The Bertz CT molecular complexity index is 507. The molecule has 2 aliphatic rings. The number of ether oxygens (including phenoxy) is 3. The zero-order valence-corrected chi connectivity index (χ0v) is 14.0. The highest BCUT2D eigenvalue weighted by Gasteiger charge is 2.54. The second-order valence-electron chi connectivity index (χ2n) is 6.54. The van der Waals surface area contributed by atoms with Crippen molar-refractivity contribution < 1.29 is 28.2 Å². The largest absolute Gasteiger partial charge is 0.457 e. The molecule has 1 saturated heterocycles. The van der Waals surface area contributed by atoms with Crippen molar-refractivity contribution in [2.24, 2.45) is 5.73 Å². The number of rotatable bonds is 9. The van der Waals surface area contributed by atoms with Gasteiger partial charge in [0, 0.05) is 25.2 Å². The van der Waals surface area contributed by atoms with Gasteiger partial charge in [-0.2, -0.15) is 0 Å². The molecule has 0 aromatic carbocycles. The maximum Gasteiger partial charge on any atom is 0.338 e. The first-order valence-corrected chi connectivity index (χ1v) is 8.16. The molecular weight excluding hydrogens is 319 g/mol. The zero-order valence-electron chi connectivity index (χ0n) is 14.0. The molecule has 1 aliphatic carbocycles. The van der Waals surface area contributed by atoms with Crippen molar-refractivity contribution in [2.75, 3.05) is 13.2 Å². The van der Waals surface area contributed by atoms with Gasteiger partial charge in [-0.25, -0.2) is 9.18 Å². The van der Waals surface area contributed by atoms with Crippen LogP contribution in [0.2, 0.25) is 0 Å². The molecule has 0 unspecified atom stereocenters. The lowest BCUT2D eigenvalue weighted by molar-refractivity contribution is -0.193. The molecule has 2 atom stereocenters. The fourth-order valence-electron chi connectivity index (χ4n) is 2.62. The Morgan fingerprint density at radius 3 is 2.71 bits per heavy atom. The lowest BCUT2D eigenvalue weighted by atomic mass is 10.2. The summed E-state index contributed by atoms with van der Waals surface area (Å²) >= 11 is 0. The summed E-state index contributed by atoms with van der Waals surface area (Å²) in [5.74, 6) is -3.08. The van der Waals surface area contributed by atoms with Gasteiger partial charge in [-0.05, 0) is 33.1 Å². The number of halogens is 1. The van der Waals surface area contributed by atoms with Gasteiger partial charge in [0.2, 0.25) is 11.8 Å². The van der Waals surface area contributed by atoms with E-state index in [-0.39, 0.29) is 18.6 Å². The summed E-state index contributed by atoms with van der Waals surface area (Å²) in [6, 6.07) is 0. The minimum Gasteiger partial charge on any atom is -0.457 e. The first kappa shape index (κ1) is 18.7. The Morgan fingerprint density at radius 2 is 2.12 bits per heavy atom. The maximum absolute atomic E-state index is 14.6. The van der Waals surface area contributed by atoms with E-state index in [1.165, 1.54) is 12.3 Å². The third-order valence-electron chi connectivity index (χ3n) is 3.88. The van der Waals surface area contributed by atoms with Crippen molar-refractivity contribution >= 4 is 11.9 Å². The molecule has 1 heterocycles. The lowest BCUT2D eigenvalue weighted by Gasteiger charge is -2.23. The number of carbonyl (C=O) groups excluding carboxylic acids is 2. The Labute approximate surface area is 140 Å². The molecule has 2 rings (SSSR count). The second-order valence-corrected chi connectivity index (χ2v) is 6.54. The fraction of sp³-hybridized carbons (Fsp3) is 0.750. The van der Waals surface area contributed by atoms with E-state index in [1.807, 2.05) is 13.8 Å². The van der Waals surface area contributed by atoms with E-state index < -0.39 is 29.9 Å². The summed E-state index contributed by atoms with van der Waals surface area (Å²) in [6.45, 7) is 3.58. The topological polar surface area (TPSA) is 99.9 Å². The number of nitrogens with one attached hydrogen (secondary N) is 1. The van der Waals surface area contributed by atoms with Gasteiger partial charge in [0.15, 0.2) is 12.2 Å². The van der Waals surface area contributed by atoms with Crippen molar-refractivity contribution in [1.29, 1.82) is 0 Å². The van der Waals surface area contributed by atoms with E-state index in [0.717, 1.165) is 0 Å². The van der Waals surface area contributed by atoms with Gasteiger partial charge in [0.25, 0.3) is 0 Å². The van der Waals surface area contributed by atoms with E-state index in [1.54, 1.807) is 0 Å². The van der Waals surface area contributed by atoms with Crippen molar-refractivity contribution in [3.63, 3.8) is 0 Å². The van der Waals surface area contributed by atoms with Crippen LogP contribution in [0.5, 0.6) is 0 Å². The number of primary amides is 1. The molecule has 7 nitrogen and oxygen atoms in total. The van der Waals surface area contributed by atoms with E-state index in [4.69, 9.17) is 19.9 Å². The summed E-state index contributed by atoms with van der Waals surface area (Å²) in [6.07, 6.45) is 3.93. The minimum atomic E-state index is -1.98. The number of nitrogens with two attached hydrogens (primary N) is 1. The smallest absolute Gasteiger partial charge is 0.338 e. The van der Waals surface area contributed by atoms with Crippen molar-refractivity contribution in [3.8, 4) is 0 Å². The van der Waals surface area contributed by atoms with Crippen LogP contribution < -0.4 is 11.1 Å². The number of esters is 1. The molecule has 24 heavy (non-hydrogen) atoms. The Hall–Kier alpha value is -1.67. The molecule has 3 N–H and O–H groups in total. The summed E-state index contributed by atoms with van der Waals surface area (Å²) < 4.78 is 30.6. The molecule has 136 valence electrons. The van der Waals surface area contributed by atoms with Crippen LogP contribution in [0.15, 0.2) is 12.3 Å². The predicted octanol–water partition coefficient (Wildman–Crippen LogP) is 0.921. The molecule has 0 aromatic rings. The number of alkyl halides is 1. The van der Waals surface area contributed by atoms with Crippen LogP contribution in [-0.4, -0.2) is 48.7 Å². The third-order valence-corrected chi connectivity index (χ3v) is 3.88. The molecule has 0 spiro atoms. The Kier molecular flexibility index (Phi) is 5.82. The summed E-state index contributed by atoms with van der Waals surface area (Å²) in [5, 5.41) is 2.82. The Morgan fingerprint density at radius 1 is 1.42 bits per heavy atom. The van der Waals surface area contributed by atoms with Gasteiger partial charge in [0.05, 0.1) is 12.2 Å². The average molecular weight is 344 g/mol. The molecule has 2 fully saturated rings. The summed E-state index contributed by atoms with van der Waals surface area (Å²) in [4.78, 5) is 22.6. The first-order valence-electron chi connectivity index (χ1n) is 8.16. The molecule has 0 radical (unpaired) electrons. The number of hydrogen-bond donors (Lipinski definition) is 2. The van der Waals surface area contributed by atoms with Crippen molar-refractivity contribution in [1.82, 2.24) is 5.32 Å². The van der Waals surface area contributed by atoms with Crippen LogP contribution in [0.3, 0.4) is 0 Å². The van der Waals surface area contributed by atoms with E-state index in [2.05, 4.69) is 5.32 Å². The summed E-state index contributed by atoms with van der Waals surface area (Å²) in [5.41, 5.74) is 4.05. The normalized spacial score (nSPS) is 28.2. The molecule has 1 aliphatic heterocycles. The van der Waals surface area contributed by atoms with Crippen LogP contribution in [0, 0.1) is 0 Å². The zero-order chi connectivity index (χ0) is 17.8. The summed E-state index contributed by atoms with van der Waals surface area (Å²) in [7, 11) is 0. The monoisotopic (exact) mass is 344 g/mol. The van der Waals surface area contributed by atoms with Crippen molar-refractivity contribution in [2.45, 2.75) is 63.2 Å². The molecule has 8 heteroatoms. The highest BCUT2D eigenvalue weighted by atomic mass is 19.2. The van der Waals surface area contributed by atoms with E-state index in [0.29, 0.717) is 25.8 Å². The maximum atomic E-state index is 14.6. The molecule has 0 bridgehead atoms. The third kappa shape index (κ3) is 5.17. The van der Waals surface area contributed by atoms with Crippen molar-refractivity contribution in [3.05, 3.63) is 12.3 Å². The van der Waals surface area contributed by atoms with Crippen LogP contribution in [0.1, 0.15) is 39.5 Å². The minimum absolute atomic E-state index is 0.0916. The predicted molar refractivity (Wildman–Crippen MR) is 83.4 cm³/mol. The molecule has 1 saturated carbocycles. The van der Waals surface area contributed by atoms with Gasteiger partial charge in [-0.1, -0.05) is 0 Å². The Balaban J connectivity index is 1.73. The number of hydrogen-bond acceptors (Lipinski definition) is 6. The van der Waals surface area contributed by atoms with Crippen LogP contribution in [0.4, 0.5) is 4.39 Å². The number of amides is 1. The average Bonchev–Trinajstić information content (AvgIpc) is 3.17. The second kappa shape index (κ2) is 7.48. The fourth-order valence-corrected chi connectivity index (χ4v) is 2.62. The lowest BCUT2D eigenvalue weighted by Crippen LogP contribution is -2.37. The van der Waals surface area contributed by atoms with Gasteiger partial charge < -0.3 is 25.3 Å².